The first kappa shape index (κ1) is 19.0. The lowest BCUT2D eigenvalue weighted by Gasteiger charge is -2.08. The van der Waals surface area contributed by atoms with E-state index in [2.05, 4.69) is 15.6 Å². The molecule has 0 atom stereocenters. The zero-order valence-electron chi connectivity index (χ0n) is 11.5. The molecule has 0 radical (unpaired) electrons. The number of aliphatic imine (C=N–C) groups is 1. The van der Waals surface area contributed by atoms with Gasteiger partial charge in [-0.25, -0.2) is 0 Å². The molecule has 1 aromatic carbocycles. The van der Waals surface area contributed by atoms with Crippen LogP contribution in [-0.2, 0) is 0 Å². The maximum Gasteiger partial charge on any atom is 0.251 e. The number of amides is 1. The number of carbonyl (C=O) groups excluding carboxylic acids is 1. The molecule has 0 bridgehead atoms. The molecular weight excluding hydrogens is 391 g/mol. The van der Waals surface area contributed by atoms with Crippen LogP contribution in [-0.4, -0.2) is 31.0 Å². The highest BCUT2D eigenvalue weighted by Gasteiger charge is 2.03. The summed E-state index contributed by atoms with van der Waals surface area (Å²) in [5.74, 6) is 0.234. The van der Waals surface area contributed by atoms with E-state index in [1.165, 1.54) is 0 Å². The minimum absolute atomic E-state index is 0. The Hall–Kier alpha value is -1.02. The van der Waals surface area contributed by atoms with Gasteiger partial charge in [-0.1, -0.05) is 11.6 Å². The first-order valence-corrected chi connectivity index (χ1v) is 6.47. The lowest BCUT2D eigenvalue weighted by molar-refractivity contribution is 0.0955. The van der Waals surface area contributed by atoms with Crippen LogP contribution in [0.5, 0.6) is 0 Å². The molecular formula is C13H20ClIN4O. The molecule has 0 aliphatic rings. The fourth-order valence-corrected chi connectivity index (χ4v) is 1.52. The van der Waals surface area contributed by atoms with Crippen LogP contribution in [0.15, 0.2) is 29.3 Å². The molecule has 7 heteroatoms. The molecule has 1 rings (SSSR count). The minimum Gasteiger partial charge on any atom is -0.370 e. The van der Waals surface area contributed by atoms with Crippen LogP contribution in [0.2, 0.25) is 5.02 Å². The molecule has 0 spiro atoms. The van der Waals surface area contributed by atoms with E-state index in [1.54, 1.807) is 24.3 Å². The number of nitrogens with two attached hydrogens (primary N) is 1. The number of benzene rings is 1. The molecule has 20 heavy (non-hydrogen) atoms. The fourth-order valence-electron chi connectivity index (χ4n) is 1.39. The number of carbonyl (C=O) groups is 1. The molecule has 0 saturated carbocycles. The predicted molar refractivity (Wildman–Crippen MR) is 94.0 cm³/mol. The Morgan fingerprint density at radius 1 is 1.35 bits per heavy atom. The second-order valence-electron chi connectivity index (χ2n) is 4.33. The molecule has 0 aliphatic carbocycles. The van der Waals surface area contributed by atoms with Gasteiger partial charge in [0.1, 0.15) is 0 Å². The van der Waals surface area contributed by atoms with Crippen molar-refractivity contribution in [3.63, 3.8) is 0 Å². The van der Waals surface area contributed by atoms with Crippen molar-refractivity contribution in [3.8, 4) is 0 Å². The number of rotatable bonds is 5. The van der Waals surface area contributed by atoms with Crippen LogP contribution >= 0.6 is 35.6 Å². The van der Waals surface area contributed by atoms with Gasteiger partial charge in [0.15, 0.2) is 5.96 Å². The molecule has 0 heterocycles. The number of hydrogen-bond donors (Lipinski definition) is 3. The molecule has 0 aromatic heterocycles. The Balaban J connectivity index is 0.00000361. The Kier molecular flexibility index (Phi) is 9.32. The van der Waals surface area contributed by atoms with Crippen molar-refractivity contribution in [2.24, 2.45) is 10.7 Å². The second-order valence-corrected chi connectivity index (χ2v) is 4.77. The van der Waals surface area contributed by atoms with Crippen LogP contribution in [0.3, 0.4) is 0 Å². The largest absolute Gasteiger partial charge is 0.370 e. The Morgan fingerprint density at radius 3 is 2.50 bits per heavy atom. The number of nitrogens with zero attached hydrogens (tertiary/aromatic N) is 1. The molecule has 112 valence electrons. The fraction of sp³-hybridized carbons (Fsp3) is 0.385. The lowest BCUT2D eigenvalue weighted by atomic mass is 10.2. The zero-order chi connectivity index (χ0) is 14.3. The van der Waals surface area contributed by atoms with E-state index in [9.17, 15) is 4.79 Å². The highest BCUT2D eigenvalue weighted by Crippen LogP contribution is 2.09. The summed E-state index contributed by atoms with van der Waals surface area (Å²) in [6, 6.07) is 6.95. The lowest BCUT2D eigenvalue weighted by Crippen LogP contribution is -2.37. The van der Waals surface area contributed by atoms with Gasteiger partial charge in [0.25, 0.3) is 5.91 Å². The normalized spacial score (nSPS) is 10.9. The van der Waals surface area contributed by atoms with Gasteiger partial charge < -0.3 is 16.4 Å². The SMILES string of the molecule is CC(C)NC(N)=NCCNC(=O)c1ccc(Cl)cc1.I. The third-order valence-electron chi connectivity index (χ3n) is 2.22. The van der Waals surface area contributed by atoms with Gasteiger partial charge in [0.2, 0.25) is 0 Å². The highest BCUT2D eigenvalue weighted by molar-refractivity contribution is 14.0. The van der Waals surface area contributed by atoms with Crippen molar-refractivity contribution < 1.29 is 4.79 Å². The number of hydrogen-bond acceptors (Lipinski definition) is 2. The van der Waals surface area contributed by atoms with E-state index >= 15 is 0 Å². The molecule has 0 aliphatic heterocycles. The summed E-state index contributed by atoms with van der Waals surface area (Å²) in [5.41, 5.74) is 6.20. The van der Waals surface area contributed by atoms with Crippen molar-refractivity contribution in [1.82, 2.24) is 10.6 Å². The third kappa shape index (κ3) is 7.54. The average Bonchev–Trinajstić information content (AvgIpc) is 2.34. The molecule has 4 N–H and O–H groups in total. The van der Waals surface area contributed by atoms with Gasteiger partial charge in [-0.05, 0) is 38.1 Å². The van der Waals surface area contributed by atoms with Crippen molar-refractivity contribution in [3.05, 3.63) is 34.9 Å². The summed E-state index contributed by atoms with van der Waals surface area (Å²) < 4.78 is 0. The number of nitrogens with one attached hydrogen (secondary N) is 2. The minimum atomic E-state index is -0.151. The van der Waals surface area contributed by atoms with E-state index in [0.29, 0.717) is 29.6 Å². The zero-order valence-corrected chi connectivity index (χ0v) is 14.6. The van der Waals surface area contributed by atoms with Crippen LogP contribution in [0.1, 0.15) is 24.2 Å². The predicted octanol–water partition coefficient (Wildman–Crippen LogP) is 2.00. The first-order valence-electron chi connectivity index (χ1n) is 6.09. The number of guanidine groups is 1. The van der Waals surface area contributed by atoms with E-state index in [0.717, 1.165) is 0 Å². The molecule has 1 aromatic rings. The third-order valence-corrected chi connectivity index (χ3v) is 2.47. The Morgan fingerprint density at radius 2 is 1.95 bits per heavy atom. The van der Waals surface area contributed by atoms with Crippen molar-refractivity contribution in [2.75, 3.05) is 13.1 Å². The van der Waals surface area contributed by atoms with Crippen LogP contribution < -0.4 is 16.4 Å². The van der Waals surface area contributed by atoms with Gasteiger partial charge in [0.05, 0.1) is 6.54 Å². The maximum absolute atomic E-state index is 11.7. The van der Waals surface area contributed by atoms with Crippen LogP contribution in [0.4, 0.5) is 0 Å². The standard InChI is InChI=1S/C13H19ClN4O.HI/c1-9(2)18-13(15)17-8-7-16-12(19)10-3-5-11(14)6-4-10;/h3-6,9H,7-8H2,1-2H3,(H,16,19)(H3,15,17,18);1H. The van der Waals surface area contributed by atoms with Gasteiger partial charge in [-0.2, -0.15) is 0 Å². The monoisotopic (exact) mass is 410 g/mol. The molecule has 5 nitrogen and oxygen atoms in total. The summed E-state index contributed by atoms with van der Waals surface area (Å²) in [6.07, 6.45) is 0. The second kappa shape index (κ2) is 9.82. The quantitative estimate of drug-likeness (QED) is 0.301. The summed E-state index contributed by atoms with van der Waals surface area (Å²) in [7, 11) is 0. The van der Waals surface area contributed by atoms with Crippen molar-refractivity contribution >= 4 is 47.4 Å². The van der Waals surface area contributed by atoms with Crippen LogP contribution in [0, 0.1) is 0 Å². The van der Waals surface area contributed by atoms with Crippen molar-refractivity contribution in [1.29, 1.82) is 0 Å². The van der Waals surface area contributed by atoms with E-state index in [-0.39, 0.29) is 35.9 Å². The Bertz CT molecular complexity index is 448. The van der Waals surface area contributed by atoms with E-state index in [4.69, 9.17) is 17.3 Å². The van der Waals surface area contributed by atoms with Gasteiger partial charge >= 0.3 is 0 Å². The smallest absolute Gasteiger partial charge is 0.251 e. The summed E-state index contributed by atoms with van der Waals surface area (Å²) >= 11 is 5.75. The number of halogens is 2. The van der Waals surface area contributed by atoms with Gasteiger partial charge in [-0.15, -0.1) is 24.0 Å². The van der Waals surface area contributed by atoms with E-state index in [1.807, 2.05) is 13.8 Å². The molecule has 0 unspecified atom stereocenters. The van der Waals surface area contributed by atoms with Gasteiger partial charge in [0, 0.05) is 23.2 Å². The Labute approximate surface area is 141 Å². The van der Waals surface area contributed by atoms with E-state index < -0.39 is 0 Å². The average molecular weight is 411 g/mol. The summed E-state index contributed by atoms with van der Waals surface area (Å²) in [6.45, 7) is 4.82. The summed E-state index contributed by atoms with van der Waals surface area (Å²) in [4.78, 5) is 15.8. The van der Waals surface area contributed by atoms with Crippen LogP contribution in [0.25, 0.3) is 0 Å². The molecule has 1 amide bonds. The first-order chi connectivity index (χ1) is 8.99. The topological polar surface area (TPSA) is 79.5 Å². The highest BCUT2D eigenvalue weighted by atomic mass is 127. The van der Waals surface area contributed by atoms with Gasteiger partial charge in [-0.3, -0.25) is 9.79 Å². The summed E-state index contributed by atoms with van der Waals surface area (Å²) in [5, 5.41) is 6.33. The van der Waals surface area contributed by atoms with Crippen molar-refractivity contribution in [2.45, 2.75) is 19.9 Å². The molecule has 0 saturated heterocycles. The maximum atomic E-state index is 11.7. The molecule has 0 fully saturated rings.